The van der Waals surface area contributed by atoms with Gasteiger partial charge in [0, 0.05) is 12.6 Å². The highest BCUT2D eigenvalue weighted by Crippen LogP contribution is 2.27. The van der Waals surface area contributed by atoms with Crippen molar-refractivity contribution in [3.05, 3.63) is 35.9 Å². The number of benzene rings is 1. The molecular formula is C20H31N3O4. The third kappa shape index (κ3) is 8.07. The SMILES string of the molecule is N[C@H](CC1CCCCC1)C(O)C(=O)NOCC(=O)NCCc1ccccc1. The molecule has 0 bridgehead atoms. The van der Waals surface area contributed by atoms with E-state index in [1.165, 1.54) is 19.3 Å². The summed E-state index contributed by atoms with van der Waals surface area (Å²) in [6, 6.07) is 9.17. The van der Waals surface area contributed by atoms with Crippen LogP contribution in [0.4, 0.5) is 0 Å². The van der Waals surface area contributed by atoms with Crippen molar-refractivity contribution in [2.75, 3.05) is 13.2 Å². The van der Waals surface area contributed by atoms with Crippen LogP contribution in [0.5, 0.6) is 0 Å². The van der Waals surface area contributed by atoms with Crippen molar-refractivity contribution in [3.63, 3.8) is 0 Å². The van der Waals surface area contributed by atoms with Crippen LogP contribution < -0.4 is 16.5 Å². The quantitative estimate of drug-likeness (QED) is 0.455. The Labute approximate surface area is 160 Å². The first kappa shape index (κ1) is 21.3. The fraction of sp³-hybridized carbons (Fsp3) is 0.600. The lowest BCUT2D eigenvalue weighted by atomic mass is 9.84. The summed E-state index contributed by atoms with van der Waals surface area (Å²) in [5.41, 5.74) is 9.19. The largest absolute Gasteiger partial charge is 0.382 e. The van der Waals surface area contributed by atoms with E-state index in [9.17, 15) is 14.7 Å². The number of aliphatic hydroxyl groups excluding tert-OH is 1. The monoisotopic (exact) mass is 377 g/mol. The Morgan fingerprint density at radius 3 is 2.59 bits per heavy atom. The minimum atomic E-state index is -1.34. The highest BCUT2D eigenvalue weighted by Gasteiger charge is 2.26. The first-order valence-electron chi connectivity index (χ1n) is 9.72. The molecule has 2 amide bonds. The summed E-state index contributed by atoms with van der Waals surface area (Å²) in [6.45, 7) is 0.167. The van der Waals surface area contributed by atoms with Gasteiger partial charge < -0.3 is 16.2 Å². The van der Waals surface area contributed by atoms with Crippen LogP contribution in [0, 0.1) is 5.92 Å². The zero-order valence-corrected chi connectivity index (χ0v) is 15.7. The first-order chi connectivity index (χ1) is 13.1. The predicted octanol–water partition coefficient (Wildman–Crippen LogP) is 1.05. The molecule has 1 saturated carbocycles. The molecule has 1 aliphatic rings. The third-order valence-corrected chi connectivity index (χ3v) is 4.96. The normalized spacial score (nSPS) is 17.1. The summed E-state index contributed by atoms with van der Waals surface area (Å²) >= 11 is 0. The molecule has 0 aromatic heterocycles. The van der Waals surface area contributed by atoms with E-state index in [0.717, 1.165) is 18.4 Å². The van der Waals surface area contributed by atoms with Gasteiger partial charge in [0.15, 0.2) is 6.61 Å². The Balaban J connectivity index is 1.57. The van der Waals surface area contributed by atoms with Gasteiger partial charge >= 0.3 is 0 Å². The molecule has 1 aromatic carbocycles. The van der Waals surface area contributed by atoms with Crippen LogP contribution in [0.3, 0.4) is 0 Å². The maximum Gasteiger partial charge on any atom is 0.273 e. The van der Waals surface area contributed by atoms with Crippen molar-refractivity contribution in [1.29, 1.82) is 0 Å². The average Bonchev–Trinajstić information content (AvgIpc) is 2.69. The highest BCUT2D eigenvalue weighted by molar-refractivity contribution is 5.81. The van der Waals surface area contributed by atoms with E-state index in [4.69, 9.17) is 10.6 Å². The molecule has 7 heteroatoms. The lowest BCUT2D eigenvalue weighted by Gasteiger charge is -2.26. The van der Waals surface area contributed by atoms with Gasteiger partial charge in [0.1, 0.15) is 6.10 Å². The zero-order chi connectivity index (χ0) is 19.5. The predicted molar refractivity (Wildman–Crippen MR) is 102 cm³/mol. The van der Waals surface area contributed by atoms with Crippen LogP contribution in [0.2, 0.25) is 0 Å². The molecule has 5 N–H and O–H groups in total. The van der Waals surface area contributed by atoms with Crippen molar-refractivity contribution < 1.29 is 19.5 Å². The molecule has 1 fully saturated rings. The van der Waals surface area contributed by atoms with E-state index in [1.807, 2.05) is 30.3 Å². The number of carbonyl (C=O) groups excluding carboxylic acids is 2. The molecule has 150 valence electrons. The maximum atomic E-state index is 11.9. The Morgan fingerprint density at radius 2 is 1.89 bits per heavy atom. The summed E-state index contributed by atoms with van der Waals surface area (Å²) < 4.78 is 0. The van der Waals surface area contributed by atoms with Crippen LogP contribution in [0.25, 0.3) is 0 Å². The average molecular weight is 377 g/mol. The summed E-state index contributed by atoms with van der Waals surface area (Å²) in [7, 11) is 0. The molecule has 2 atom stereocenters. The standard InChI is InChI=1S/C20H31N3O4/c21-17(13-16-9-5-2-6-10-16)19(25)20(26)23-27-14-18(24)22-12-11-15-7-3-1-4-8-15/h1,3-4,7-8,16-17,19,25H,2,5-6,9-14,21H2,(H,22,24)(H,23,26)/t17-,19?/m1/s1. The molecule has 0 saturated heterocycles. The Hall–Kier alpha value is -1.96. The summed E-state index contributed by atoms with van der Waals surface area (Å²) in [5, 5.41) is 12.7. The minimum Gasteiger partial charge on any atom is -0.382 e. The number of amides is 2. The molecular weight excluding hydrogens is 346 g/mol. The van der Waals surface area contributed by atoms with Gasteiger partial charge in [0.05, 0.1) is 0 Å². The molecule has 2 rings (SSSR count). The van der Waals surface area contributed by atoms with Gasteiger partial charge in [-0.3, -0.25) is 14.4 Å². The third-order valence-electron chi connectivity index (χ3n) is 4.96. The Morgan fingerprint density at radius 1 is 1.19 bits per heavy atom. The maximum absolute atomic E-state index is 11.9. The van der Waals surface area contributed by atoms with E-state index in [2.05, 4.69) is 10.8 Å². The van der Waals surface area contributed by atoms with Crippen molar-refractivity contribution in [1.82, 2.24) is 10.8 Å². The van der Waals surface area contributed by atoms with E-state index >= 15 is 0 Å². The van der Waals surface area contributed by atoms with Crippen LogP contribution in [0.15, 0.2) is 30.3 Å². The molecule has 1 aromatic rings. The van der Waals surface area contributed by atoms with Crippen LogP contribution in [-0.4, -0.2) is 42.2 Å². The Kier molecular flexibility index (Phi) is 9.24. The van der Waals surface area contributed by atoms with Crippen molar-refractivity contribution in [2.45, 2.75) is 57.1 Å². The van der Waals surface area contributed by atoms with E-state index in [1.54, 1.807) is 0 Å². The molecule has 0 heterocycles. The van der Waals surface area contributed by atoms with Gasteiger partial charge in [0.25, 0.3) is 5.91 Å². The van der Waals surface area contributed by atoms with E-state index in [-0.39, 0.29) is 12.5 Å². The van der Waals surface area contributed by atoms with Crippen LogP contribution in [-0.2, 0) is 20.8 Å². The summed E-state index contributed by atoms with van der Waals surface area (Å²) in [6.07, 6.45) is 5.81. The molecule has 0 radical (unpaired) electrons. The van der Waals surface area contributed by atoms with Gasteiger partial charge in [0.2, 0.25) is 5.91 Å². The smallest absolute Gasteiger partial charge is 0.273 e. The molecule has 0 aliphatic heterocycles. The molecule has 1 unspecified atom stereocenters. The van der Waals surface area contributed by atoms with Crippen molar-refractivity contribution >= 4 is 11.8 Å². The number of rotatable bonds is 10. The molecule has 0 spiro atoms. The lowest BCUT2D eigenvalue weighted by molar-refractivity contribution is -0.146. The second-order valence-corrected chi connectivity index (χ2v) is 7.19. The number of carbonyl (C=O) groups is 2. The highest BCUT2D eigenvalue weighted by atomic mass is 16.7. The van der Waals surface area contributed by atoms with Gasteiger partial charge in [-0.05, 0) is 24.3 Å². The Bertz CT molecular complexity index is 576. The number of nitrogens with one attached hydrogen (secondary N) is 2. The second-order valence-electron chi connectivity index (χ2n) is 7.19. The fourth-order valence-corrected chi connectivity index (χ4v) is 3.41. The van der Waals surface area contributed by atoms with Crippen molar-refractivity contribution in [3.8, 4) is 0 Å². The lowest BCUT2D eigenvalue weighted by Crippen LogP contribution is -2.47. The topological polar surface area (TPSA) is 114 Å². The van der Waals surface area contributed by atoms with Gasteiger partial charge in [-0.15, -0.1) is 0 Å². The minimum absolute atomic E-state index is 0.314. The molecule has 7 nitrogen and oxygen atoms in total. The molecule has 1 aliphatic carbocycles. The van der Waals surface area contributed by atoms with E-state index < -0.39 is 18.1 Å². The number of hydroxylamine groups is 1. The number of nitrogens with two attached hydrogens (primary N) is 1. The zero-order valence-electron chi connectivity index (χ0n) is 15.7. The first-order valence-corrected chi connectivity index (χ1v) is 9.72. The fourth-order valence-electron chi connectivity index (χ4n) is 3.41. The van der Waals surface area contributed by atoms with Crippen LogP contribution >= 0.6 is 0 Å². The second kappa shape index (κ2) is 11.7. The summed E-state index contributed by atoms with van der Waals surface area (Å²) in [5.74, 6) is -0.588. The number of hydrogen-bond donors (Lipinski definition) is 4. The molecule has 27 heavy (non-hydrogen) atoms. The van der Waals surface area contributed by atoms with Gasteiger partial charge in [-0.25, -0.2) is 5.48 Å². The number of aliphatic hydroxyl groups is 1. The van der Waals surface area contributed by atoms with Crippen molar-refractivity contribution in [2.24, 2.45) is 11.7 Å². The van der Waals surface area contributed by atoms with Crippen LogP contribution in [0.1, 0.15) is 44.1 Å². The van der Waals surface area contributed by atoms with Gasteiger partial charge in [-0.2, -0.15) is 0 Å². The number of hydrogen-bond acceptors (Lipinski definition) is 5. The van der Waals surface area contributed by atoms with Gasteiger partial charge in [-0.1, -0.05) is 62.4 Å². The summed E-state index contributed by atoms with van der Waals surface area (Å²) in [4.78, 5) is 28.5. The van der Waals surface area contributed by atoms with E-state index in [0.29, 0.717) is 25.3 Å².